The predicted molar refractivity (Wildman–Crippen MR) is 112 cm³/mol. The van der Waals surface area contributed by atoms with Gasteiger partial charge in [-0.15, -0.1) is 0 Å². The summed E-state index contributed by atoms with van der Waals surface area (Å²) < 4.78 is 1.88. The van der Waals surface area contributed by atoms with Crippen LogP contribution in [-0.2, 0) is 22.7 Å². The lowest BCUT2D eigenvalue weighted by Crippen LogP contribution is -2.51. The molecule has 0 saturated carbocycles. The number of benzene rings is 1. The molecule has 0 N–H and O–H groups in total. The third-order valence-corrected chi connectivity index (χ3v) is 5.74. The Bertz CT molecular complexity index is 894. The summed E-state index contributed by atoms with van der Waals surface area (Å²) in [4.78, 5) is 22.7. The number of aromatic nitrogens is 2. The molecule has 29 heavy (non-hydrogen) atoms. The van der Waals surface area contributed by atoms with Crippen molar-refractivity contribution in [1.29, 1.82) is 0 Å². The first-order valence-electron chi connectivity index (χ1n) is 10.4. The van der Waals surface area contributed by atoms with E-state index in [-0.39, 0.29) is 5.91 Å². The lowest BCUT2D eigenvalue weighted by atomic mass is 10.1. The number of oxime groups is 1. The Kier molecular flexibility index (Phi) is 5.67. The van der Waals surface area contributed by atoms with Gasteiger partial charge >= 0.3 is 0 Å². The number of aryl methyl sites for hydroxylation is 3. The van der Waals surface area contributed by atoms with Crippen molar-refractivity contribution in [3.05, 3.63) is 52.8 Å². The minimum absolute atomic E-state index is 0.0410. The quantitative estimate of drug-likeness (QED) is 0.780. The number of carbonyl (C=O) groups is 1. The molecule has 2 aliphatic rings. The SMILES string of the molecule is CCn1cc(C2=NOC(C(=O)N3CCN(Cc4ccc(C)cc4)CC3)C2)c(C)n1. The lowest BCUT2D eigenvalue weighted by Gasteiger charge is -2.35. The molecule has 0 aliphatic carbocycles. The van der Waals surface area contributed by atoms with Gasteiger partial charge in [0, 0.05) is 57.4 Å². The Balaban J connectivity index is 1.29. The number of carbonyl (C=O) groups excluding carboxylic acids is 1. The van der Waals surface area contributed by atoms with Gasteiger partial charge in [-0.1, -0.05) is 35.0 Å². The van der Waals surface area contributed by atoms with E-state index in [0.29, 0.717) is 6.42 Å². The van der Waals surface area contributed by atoms with Crippen molar-refractivity contribution in [1.82, 2.24) is 19.6 Å². The topological polar surface area (TPSA) is 63.0 Å². The third kappa shape index (κ3) is 4.34. The van der Waals surface area contributed by atoms with Crippen molar-refractivity contribution in [2.24, 2.45) is 5.16 Å². The second-order valence-electron chi connectivity index (χ2n) is 7.91. The van der Waals surface area contributed by atoms with E-state index in [1.54, 1.807) is 0 Å². The van der Waals surface area contributed by atoms with Crippen LogP contribution in [0.5, 0.6) is 0 Å². The van der Waals surface area contributed by atoms with Crippen molar-refractivity contribution in [2.75, 3.05) is 26.2 Å². The van der Waals surface area contributed by atoms with Crippen LogP contribution in [0, 0.1) is 13.8 Å². The fourth-order valence-electron chi connectivity index (χ4n) is 3.91. The Morgan fingerprint density at radius 1 is 1.14 bits per heavy atom. The molecular weight excluding hydrogens is 366 g/mol. The predicted octanol–water partition coefficient (Wildman–Crippen LogP) is 2.36. The van der Waals surface area contributed by atoms with E-state index in [4.69, 9.17) is 4.84 Å². The Morgan fingerprint density at radius 3 is 2.52 bits per heavy atom. The van der Waals surface area contributed by atoms with E-state index in [1.165, 1.54) is 11.1 Å². The highest BCUT2D eigenvalue weighted by atomic mass is 16.6. The third-order valence-electron chi connectivity index (χ3n) is 5.74. The van der Waals surface area contributed by atoms with Crippen molar-refractivity contribution >= 4 is 11.6 Å². The summed E-state index contributed by atoms with van der Waals surface area (Å²) in [6.07, 6.45) is 1.98. The molecule has 0 spiro atoms. The van der Waals surface area contributed by atoms with Crippen LogP contribution in [0.2, 0.25) is 0 Å². The van der Waals surface area contributed by atoms with E-state index in [1.807, 2.05) is 29.6 Å². The summed E-state index contributed by atoms with van der Waals surface area (Å²) in [5.74, 6) is 0.0410. The number of nitrogens with zero attached hydrogens (tertiary/aromatic N) is 5. The zero-order chi connectivity index (χ0) is 20.4. The second kappa shape index (κ2) is 8.37. The number of hydrogen-bond acceptors (Lipinski definition) is 5. The highest BCUT2D eigenvalue weighted by Crippen LogP contribution is 2.21. The van der Waals surface area contributed by atoms with Crippen LogP contribution in [0.4, 0.5) is 0 Å². The van der Waals surface area contributed by atoms with E-state index in [0.717, 1.165) is 56.2 Å². The Labute approximate surface area is 171 Å². The monoisotopic (exact) mass is 395 g/mol. The van der Waals surface area contributed by atoms with Gasteiger partial charge in [0.05, 0.1) is 11.4 Å². The summed E-state index contributed by atoms with van der Waals surface area (Å²) >= 11 is 0. The molecule has 3 heterocycles. The summed E-state index contributed by atoms with van der Waals surface area (Å²) in [7, 11) is 0. The molecule has 1 aromatic heterocycles. The van der Waals surface area contributed by atoms with Gasteiger partial charge in [-0.3, -0.25) is 14.4 Å². The molecule has 7 nitrogen and oxygen atoms in total. The van der Waals surface area contributed by atoms with Crippen molar-refractivity contribution < 1.29 is 9.63 Å². The number of piperazine rings is 1. The first kappa shape index (κ1) is 19.6. The van der Waals surface area contributed by atoms with Crippen LogP contribution >= 0.6 is 0 Å². The van der Waals surface area contributed by atoms with Crippen LogP contribution in [0.25, 0.3) is 0 Å². The van der Waals surface area contributed by atoms with Gasteiger partial charge in [-0.05, 0) is 26.3 Å². The van der Waals surface area contributed by atoms with Gasteiger partial charge in [-0.2, -0.15) is 5.10 Å². The maximum absolute atomic E-state index is 12.9. The van der Waals surface area contributed by atoms with Gasteiger partial charge in [0.15, 0.2) is 0 Å². The molecule has 1 atom stereocenters. The van der Waals surface area contributed by atoms with Gasteiger partial charge in [0.1, 0.15) is 0 Å². The normalized spacial score (nSPS) is 19.9. The number of rotatable bonds is 5. The highest BCUT2D eigenvalue weighted by molar-refractivity contribution is 6.04. The fourth-order valence-corrected chi connectivity index (χ4v) is 3.91. The zero-order valence-corrected chi connectivity index (χ0v) is 17.5. The molecule has 0 bridgehead atoms. The first-order chi connectivity index (χ1) is 14.0. The highest BCUT2D eigenvalue weighted by Gasteiger charge is 2.34. The summed E-state index contributed by atoms with van der Waals surface area (Å²) in [5, 5.41) is 8.66. The molecule has 7 heteroatoms. The van der Waals surface area contributed by atoms with Crippen molar-refractivity contribution in [3.8, 4) is 0 Å². The molecule has 1 fully saturated rings. The lowest BCUT2D eigenvalue weighted by molar-refractivity contribution is -0.143. The van der Waals surface area contributed by atoms with Gasteiger partial charge in [-0.25, -0.2) is 0 Å². The van der Waals surface area contributed by atoms with Gasteiger partial charge in [0.2, 0.25) is 6.10 Å². The number of hydrogen-bond donors (Lipinski definition) is 0. The molecule has 1 aromatic carbocycles. The molecule has 0 radical (unpaired) electrons. The smallest absolute Gasteiger partial charge is 0.266 e. The van der Waals surface area contributed by atoms with Crippen LogP contribution in [0.1, 0.15) is 35.7 Å². The summed E-state index contributed by atoms with van der Waals surface area (Å²) in [6.45, 7) is 11.1. The van der Waals surface area contributed by atoms with Crippen LogP contribution in [0.15, 0.2) is 35.6 Å². The van der Waals surface area contributed by atoms with E-state index >= 15 is 0 Å². The van der Waals surface area contributed by atoms with Crippen LogP contribution in [0.3, 0.4) is 0 Å². The van der Waals surface area contributed by atoms with Crippen LogP contribution in [-0.4, -0.2) is 63.5 Å². The molecule has 1 amide bonds. The van der Waals surface area contributed by atoms with E-state index in [9.17, 15) is 4.79 Å². The maximum atomic E-state index is 12.9. The average Bonchev–Trinajstić information content (AvgIpc) is 3.36. The molecule has 1 unspecified atom stereocenters. The number of amides is 1. The largest absolute Gasteiger partial charge is 0.382 e. The summed E-state index contributed by atoms with van der Waals surface area (Å²) in [5.41, 5.74) is 5.31. The first-order valence-corrected chi connectivity index (χ1v) is 10.4. The molecular formula is C22H29N5O2. The molecule has 4 rings (SSSR count). The van der Waals surface area contributed by atoms with Gasteiger partial charge < -0.3 is 9.74 Å². The van der Waals surface area contributed by atoms with E-state index < -0.39 is 6.10 Å². The average molecular weight is 396 g/mol. The fraction of sp³-hybridized carbons (Fsp3) is 0.500. The Hall–Kier alpha value is -2.67. The summed E-state index contributed by atoms with van der Waals surface area (Å²) in [6, 6.07) is 8.66. The van der Waals surface area contributed by atoms with Crippen molar-refractivity contribution in [2.45, 2.75) is 46.4 Å². The maximum Gasteiger partial charge on any atom is 0.266 e. The second-order valence-corrected chi connectivity index (χ2v) is 7.91. The Morgan fingerprint density at radius 2 is 1.86 bits per heavy atom. The van der Waals surface area contributed by atoms with Crippen molar-refractivity contribution in [3.63, 3.8) is 0 Å². The molecule has 2 aromatic rings. The zero-order valence-electron chi connectivity index (χ0n) is 17.5. The van der Waals surface area contributed by atoms with Gasteiger partial charge in [0.25, 0.3) is 5.91 Å². The van der Waals surface area contributed by atoms with E-state index in [2.05, 4.69) is 46.3 Å². The minimum atomic E-state index is -0.516. The molecule has 1 saturated heterocycles. The minimum Gasteiger partial charge on any atom is -0.382 e. The molecule has 2 aliphatic heterocycles. The molecule has 154 valence electrons. The standard InChI is InChI=1S/C22H29N5O2/c1-4-27-15-19(17(3)23-27)20-13-21(29-24-20)22(28)26-11-9-25(10-12-26)14-18-7-5-16(2)6-8-18/h5-8,15,21H,4,9-14H2,1-3H3. The van der Waals surface area contributed by atoms with Crippen LogP contribution < -0.4 is 0 Å².